The van der Waals surface area contributed by atoms with Gasteiger partial charge in [0, 0.05) is 0 Å². The second-order valence-corrected chi connectivity index (χ2v) is 3.56. The van der Waals surface area contributed by atoms with Gasteiger partial charge in [-0.05, 0) is 24.6 Å². The zero-order valence-electron chi connectivity index (χ0n) is 10.3. The lowest BCUT2D eigenvalue weighted by Gasteiger charge is -1.99. The molecule has 0 fully saturated rings. The third kappa shape index (κ3) is 5.52. The van der Waals surface area contributed by atoms with Gasteiger partial charge in [-0.15, -0.1) is 0 Å². The highest BCUT2D eigenvalue weighted by Gasteiger charge is 1.92. The molecule has 18 heavy (non-hydrogen) atoms. The van der Waals surface area contributed by atoms with E-state index in [-0.39, 0.29) is 0 Å². The molecule has 2 N–H and O–H groups in total. The molecular formula is C14H14N2O2. The van der Waals surface area contributed by atoms with Crippen molar-refractivity contribution in [3.8, 4) is 0 Å². The minimum atomic E-state index is 0.750. The van der Waals surface area contributed by atoms with Crippen molar-refractivity contribution in [3.63, 3.8) is 0 Å². The molecule has 0 bridgehead atoms. The van der Waals surface area contributed by atoms with Gasteiger partial charge in [-0.2, -0.15) is 0 Å². The molecule has 4 heteroatoms. The van der Waals surface area contributed by atoms with Gasteiger partial charge < -0.3 is 0 Å². The second kappa shape index (κ2) is 8.59. The molecule has 92 valence electrons. The Morgan fingerprint density at radius 3 is 1.44 bits per heavy atom. The summed E-state index contributed by atoms with van der Waals surface area (Å²) in [4.78, 5) is 16.7. The lowest BCUT2D eigenvalue weighted by Crippen LogP contribution is -1.76. The lowest BCUT2D eigenvalue weighted by atomic mass is 10.1. The van der Waals surface area contributed by atoms with Crippen LogP contribution in [0.15, 0.2) is 36.4 Å². The highest BCUT2D eigenvalue weighted by molar-refractivity contribution is 5.83. The van der Waals surface area contributed by atoms with Crippen LogP contribution in [0, 0.1) is 24.7 Å². The summed E-state index contributed by atoms with van der Waals surface area (Å²) in [6.45, 7) is 4.25. The Kier molecular flexibility index (Phi) is 7.38. The maximum Gasteiger partial charge on any atom is 0.231 e. The van der Waals surface area contributed by atoms with Crippen molar-refractivity contribution in [2.24, 2.45) is 0 Å². The number of fused-ring (bicyclic) bond motifs is 1. The van der Waals surface area contributed by atoms with Crippen LogP contribution in [0.3, 0.4) is 0 Å². The molecule has 0 heterocycles. The number of hydrogen-bond acceptors (Lipinski definition) is 4. The Labute approximate surface area is 105 Å². The Hall–Kier alpha value is -2.54. The molecule has 0 amide bonds. The first kappa shape index (κ1) is 15.5. The van der Waals surface area contributed by atoms with Crippen molar-refractivity contribution in [1.29, 1.82) is 10.8 Å². The van der Waals surface area contributed by atoms with Crippen LogP contribution in [0.25, 0.3) is 10.8 Å². The average molecular weight is 242 g/mol. The van der Waals surface area contributed by atoms with Crippen molar-refractivity contribution in [2.75, 3.05) is 0 Å². The van der Waals surface area contributed by atoms with E-state index in [1.807, 2.05) is 0 Å². The summed E-state index contributed by atoms with van der Waals surface area (Å²) >= 11 is 0. The van der Waals surface area contributed by atoms with Crippen LogP contribution in [-0.4, -0.2) is 12.2 Å². The van der Waals surface area contributed by atoms with Gasteiger partial charge >= 0.3 is 0 Å². The largest absolute Gasteiger partial charge is 0.231 e. The highest BCUT2D eigenvalue weighted by Crippen LogP contribution is 2.16. The molecule has 2 aromatic rings. The minimum Gasteiger partial charge on any atom is -0.222 e. The summed E-state index contributed by atoms with van der Waals surface area (Å²) < 4.78 is 0. The van der Waals surface area contributed by atoms with Crippen LogP contribution in [0.1, 0.15) is 11.1 Å². The van der Waals surface area contributed by atoms with Crippen LogP contribution < -0.4 is 0 Å². The van der Waals surface area contributed by atoms with E-state index in [1.54, 1.807) is 0 Å². The molecule has 4 nitrogen and oxygen atoms in total. The average Bonchev–Trinajstić information content (AvgIpc) is 2.30. The molecule has 0 aliphatic rings. The van der Waals surface area contributed by atoms with E-state index in [1.165, 1.54) is 21.9 Å². The van der Waals surface area contributed by atoms with E-state index in [2.05, 4.69) is 50.2 Å². The Morgan fingerprint density at radius 1 is 0.778 bits per heavy atom. The molecule has 0 aliphatic heterocycles. The molecule has 0 saturated carbocycles. The quantitative estimate of drug-likeness (QED) is 0.549. The van der Waals surface area contributed by atoms with E-state index in [4.69, 9.17) is 20.4 Å². The number of aryl methyl sites for hydroxylation is 2. The molecule has 0 spiro atoms. The SMILES string of the molecule is Cc1ccc2ccc(C)cc2c1.N=C=O.N=C=O. The molecule has 2 aromatic carbocycles. The van der Waals surface area contributed by atoms with Gasteiger partial charge in [0.2, 0.25) is 12.2 Å². The number of rotatable bonds is 0. The molecule has 0 radical (unpaired) electrons. The number of isocyanates is 2. The van der Waals surface area contributed by atoms with Gasteiger partial charge in [0.05, 0.1) is 0 Å². The first-order chi connectivity index (χ1) is 8.58. The number of carbonyl (C=O) groups excluding carboxylic acids is 2. The summed E-state index contributed by atoms with van der Waals surface area (Å²) in [5.74, 6) is 0. The van der Waals surface area contributed by atoms with Crippen LogP contribution in [0.4, 0.5) is 0 Å². The van der Waals surface area contributed by atoms with Gasteiger partial charge in [-0.1, -0.05) is 47.5 Å². The lowest BCUT2D eigenvalue weighted by molar-refractivity contribution is 0.562. The topological polar surface area (TPSA) is 81.8 Å². The van der Waals surface area contributed by atoms with Crippen molar-refractivity contribution in [1.82, 2.24) is 0 Å². The van der Waals surface area contributed by atoms with Crippen LogP contribution in [0.2, 0.25) is 0 Å². The van der Waals surface area contributed by atoms with Crippen LogP contribution >= 0.6 is 0 Å². The summed E-state index contributed by atoms with van der Waals surface area (Å²) in [7, 11) is 0. The normalized spacial score (nSPS) is 7.89. The predicted molar refractivity (Wildman–Crippen MR) is 70.2 cm³/mol. The number of nitrogens with one attached hydrogen (secondary N) is 2. The standard InChI is InChI=1S/C12H12.2CHNO/c1-9-3-5-11-6-4-10(2)8-12(11)7-9;2*2-1-3/h3-8H,1-2H3;2*2H. The maximum atomic E-state index is 8.35. The summed E-state index contributed by atoms with van der Waals surface area (Å²) in [6, 6.07) is 13.1. The highest BCUT2D eigenvalue weighted by atomic mass is 16.1. The van der Waals surface area contributed by atoms with Crippen molar-refractivity contribution < 1.29 is 9.59 Å². The third-order valence-corrected chi connectivity index (χ3v) is 2.15. The van der Waals surface area contributed by atoms with Gasteiger partial charge in [0.25, 0.3) is 0 Å². The van der Waals surface area contributed by atoms with Gasteiger partial charge in [-0.3, -0.25) is 0 Å². The fourth-order valence-corrected chi connectivity index (χ4v) is 1.49. The summed E-state index contributed by atoms with van der Waals surface area (Å²) in [5.41, 5.74) is 2.65. The molecule has 0 atom stereocenters. The number of benzene rings is 2. The zero-order chi connectivity index (χ0) is 14.0. The molecule has 0 saturated heterocycles. The first-order valence-corrected chi connectivity index (χ1v) is 5.13. The molecule has 2 rings (SSSR count). The minimum absolute atomic E-state index is 0.750. The van der Waals surface area contributed by atoms with E-state index in [0.717, 1.165) is 12.2 Å². The van der Waals surface area contributed by atoms with Crippen LogP contribution in [-0.2, 0) is 9.59 Å². The smallest absolute Gasteiger partial charge is 0.222 e. The molecular weight excluding hydrogens is 228 g/mol. The zero-order valence-corrected chi connectivity index (χ0v) is 10.3. The monoisotopic (exact) mass is 242 g/mol. The third-order valence-electron chi connectivity index (χ3n) is 2.15. The molecule has 0 aromatic heterocycles. The van der Waals surface area contributed by atoms with Gasteiger partial charge in [-0.25, -0.2) is 20.4 Å². The van der Waals surface area contributed by atoms with Crippen LogP contribution in [0.5, 0.6) is 0 Å². The molecule has 0 aliphatic carbocycles. The van der Waals surface area contributed by atoms with Gasteiger partial charge in [0.1, 0.15) is 0 Å². The van der Waals surface area contributed by atoms with Crippen molar-refractivity contribution in [3.05, 3.63) is 47.5 Å². The van der Waals surface area contributed by atoms with Gasteiger partial charge in [0.15, 0.2) is 0 Å². The molecule has 0 unspecified atom stereocenters. The number of hydrogen-bond donors (Lipinski definition) is 2. The fraction of sp³-hybridized carbons (Fsp3) is 0.143. The predicted octanol–water partition coefficient (Wildman–Crippen LogP) is 3.26. The summed E-state index contributed by atoms with van der Waals surface area (Å²) in [5, 5.41) is 13.5. The summed E-state index contributed by atoms with van der Waals surface area (Å²) in [6.07, 6.45) is 1.50. The Bertz CT molecular complexity index is 531. The van der Waals surface area contributed by atoms with Crippen molar-refractivity contribution >= 4 is 22.9 Å². The van der Waals surface area contributed by atoms with Crippen molar-refractivity contribution in [2.45, 2.75) is 13.8 Å². The van der Waals surface area contributed by atoms with E-state index >= 15 is 0 Å². The van der Waals surface area contributed by atoms with E-state index < -0.39 is 0 Å². The Balaban J connectivity index is 0.000000414. The maximum absolute atomic E-state index is 8.35. The van der Waals surface area contributed by atoms with E-state index in [0.29, 0.717) is 0 Å². The first-order valence-electron chi connectivity index (χ1n) is 5.13. The second-order valence-electron chi connectivity index (χ2n) is 3.56. The Morgan fingerprint density at radius 2 is 1.11 bits per heavy atom. The fourth-order valence-electron chi connectivity index (χ4n) is 1.49. The van der Waals surface area contributed by atoms with E-state index in [9.17, 15) is 0 Å².